The Labute approximate surface area is 142 Å². The molecule has 2 aromatic heterocycles. The molecule has 0 spiro atoms. The quantitative estimate of drug-likeness (QED) is 0.764. The van der Waals surface area contributed by atoms with E-state index in [4.69, 9.17) is 23.2 Å². The van der Waals surface area contributed by atoms with Crippen LogP contribution in [0.4, 0.5) is 0 Å². The average Bonchev–Trinajstić information content (AvgIpc) is 2.84. The molecule has 3 rings (SSSR count). The third-order valence-electron chi connectivity index (χ3n) is 3.61. The molecule has 0 atom stereocenters. The van der Waals surface area contributed by atoms with Crippen molar-refractivity contribution in [1.82, 2.24) is 19.7 Å². The lowest BCUT2D eigenvalue weighted by Gasteiger charge is -2.08. The molecule has 0 fully saturated rings. The summed E-state index contributed by atoms with van der Waals surface area (Å²) in [5.74, 6) is 0.481. The third-order valence-corrected chi connectivity index (χ3v) is 4.16. The van der Waals surface area contributed by atoms with Crippen LogP contribution in [0.25, 0.3) is 17.1 Å². The molecule has 0 aliphatic heterocycles. The lowest BCUT2D eigenvalue weighted by molar-refractivity contribution is 0.788. The van der Waals surface area contributed by atoms with Gasteiger partial charge in [-0.25, -0.2) is 4.98 Å². The number of nitrogens with one attached hydrogen (secondary N) is 1. The molecule has 3 aromatic rings. The Bertz CT molecular complexity index is 959. The van der Waals surface area contributed by atoms with Gasteiger partial charge in [-0.05, 0) is 39.0 Å². The van der Waals surface area contributed by atoms with Crippen LogP contribution in [0.2, 0.25) is 10.0 Å². The summed E-state index contributed by atoms with van der Waals surface area (Å²) in [6.45, 7) is 5.56. The number of hydrogen-bond donors (Lipinski definition) is 1. The van der Waals surface area contributed by atoms with Crippen LogP contribution in [0.5, 0.6) is 0 Å². The van der Waals surface area contributed by atoms with E-state index in [-0.39, 0.29) is 5.56 Å². The Morgan fingerprint density at radius 3 is 2.39 bits per heavy atom. The maximum absolute atomic E-state index is 12.3. The zero-order valence-corrected chi connectivity index (χ0v) is 14.3. The number of aryl methyl sites for hydroxylation is 3. The fraction of sp³-hybridized carbons (Fsp3) is 0.188. The maximum atomic E-state index is 12.3. The van der Waals surface area contributed by atoms with Gasteiger partial charge in [0.15, 0.2) is 5.82 Å². The van der Waals surface area contributed by atoms with Gasteiger partial charge >= 0.3 is 0 Å². The molecular weight excluding hydrogens is 335 g/mol. The number of hydrogen-bond acceptors (Lipinski definition) is 3. The van der Waals surface area contributed by atoms with Crippen molar-refractivity contribution < 1.29 is 0 Å². The van der Waals surface area contributed by atoms with Crippen molar-refractivity contribution in [3.63, 3.8) is 0 Å². The van der Waals surface area contributed by atoms with Gasteiger partial charge in [0.2, 0.25) is 0 Å². The molecule has 118 valence electrons. The first-order valence-electron chi connectivity index (χ1n) is 6.96. The van der Waals surface area contributed by atoms with Gasteiger partial charge in [0.05, 0.1) is 27.8 Å². The van der Waals surface area contributed by atoms with Crippen molar-refractivity contribution in [2.75, 3.05) is 0 Å². The molecular formula is C16H14Cl2N4O. The van der Waals surface area contributed by atoms with E-state index in [0.717, 1.165) is 11.4 Å². The van der Waals surface area contributed by atoms with Crippen LogP contribution in [0.15, 0.2) is 29.1 Å². The van der Waals surface area contributed by atoms with E-state index in [0.29, 0.717) is 32.8 Å². The van der Waals surface area contributed by atoms with Crippen LogP contribution in [0.3, 0.4) is 0 Å². The van der Waals surface area contributed by atoms with Crippen molar-refractivity contribution >= 4 is 23.2 Å². The molecule has 0 saturated carbocycles. The Morgan fingerprint density at radius 2 is 1.70 bits per heavy atom. The van der Waals surface area contributed by atoms with Gasteiger partial charge in [-0.15, -0.1) is 0 Å². The lowest BCUT2D eigenvalue weighted by atomic mass is 10.1. The maximum Gasteiger partial charge on any atom is 0.273 e. The van der Waals surface area contributed by atoms with E-state index >= 15 is 0 Å². The summed E-state index contributed by atoms with van der Waals surface area (Å²) in [6, 6.07) is 6.60. The fourth-order valence-corrected chi connectivity index (χ4v) is 2.82. The first-order valence-corrected chi connectivity index (χ1v) is 7.72. The predicted octanol–water partition coefficient (Wildman–Crippen LogP) is 3.85. The van der Waals surface area contributed by atoms with E-state index in [2.05, 4.69) is 15.1 Å². The highest BCUT2D eigenvalue weighted by Gasteiger charge is 2.14. The summed E-state index contributed by atoms with van der Waals surface area (Å²) < 4.78 is 1.37. The minimum absolute atomic E-state index is 0.230. The van der Waals surface area contributed by atoms with Crippen molar-refractivity contribution in [2.24, 2.45) is 0 Å². The van der Waals surface area contributed by atoms with Crippen LogP contribution in [-0.2, 0) is 0 Å². The second-order valence-electron chi connectivity index (χ2n) is 5.27. The molecule has 0 unspecified atom stereocenters. The van der Waals surface area contributed by atoms with Gasteiger partial charge in [0, 0.05) is 16.7 Å². The van der Waals surface area contributed by atoms with Gasteiger partial charge in [0.1, 0.15) is 0 Å². The second-order valence-corrected chi connectivity index (χ2v) is 6.11. The largest absolute Gasteiger partial charge is 0.289 e. The third kappa shape index (κ3) is 2.90. The molecule has 1 aromatic carbocycles. The first kappa shape index (κ1) is 15.8. The van der Waals surface area contributed by atoms with E-state index in [1.165, 1.54) is 10.7 Å². The number of aromatic amines is 1. The number of halogens is 2. The Hall–Kier alpha value is -2.11. The van der Waals surface area contributed by atoms with Gasteiger partial charge in [0.25, 0.3) is 5.56 Å². The standard InChI is InChI=1S/C16H14Cl2N4O/c1-8-9(2)20-16(10(3)19-8)22-15(23)7-14(21-22)12-5-4-11(17)6-13(12)18/h4-7,21H,1-3H3. The summed E-state index contributed by atoms with van der Waals surface area (Å²) in [5, 5.41) is 4.04. The number of benzene rings is 1. The summed E-state index contributed by atoms with van der Waals surface area (Å²) in [4.78, 5) is 21.2. The number of H-pyrrole nitrogens is 1. The number of aromatic nitrogens is 4. The van der Waals surface area contributed by atoms with Crippen LogP contribution >= 0.6 is 23.2 Å². The van der Waals surface area contributed by atoms with E-state index in [1.54, 1.807) is 18.2 Å². The summed E-state index contributed by atoms with van der Waals surface area (Å²) in [7, 11) is 0. The highest BCUT2D eigenvalue weighted by Crippen LogP contribution is 2.28. The summed E-state index contributed by atoms with van der Waals surface area (Å²) in [5.41, 5.74) is 3.35. The Kier molecular flexibility index (Phi) is 4.00. The second kappa shape index (κ2) is 5.83. The van der Waals surface area contributed by atoms with Crippen molar-refractivity contribution in [2.45, 2.75) is 20.8 Å². The van der Waals surface area contributed by atoms with E-state index in [1.807, 2.05) is 20.8 Å². The molecule has 7 heteroatoms. The van der Waals surface area contributed by atoms with Crippen molar-refractivity contribution in [1.29, 1.82) is 0 Å². The molecule has 0 saturated heterocycles. The Balaban J connectivity index is 2.16. The molecule has 2 heterocycles. The molecule has 0 aliphatic rings. The van der Waals surface area contributed by atoms with Crippen molar-refractivity contribution in [3.8, 4) is 17.1 Å². The van der Waals surface area contributed by atoms with Crippen LogP contribution in [0, 0.1) is 20.8 Å². The topological polar surface area (TPSA) is 63.6 Å². The van der Waals surface area contributed by atoms with E-state index in [9.17, 15) is 4.79 Å². The van der Waals surface area contributed by atoms with Gasteiger partial charge in [-0.2, -0.15) is 4.68 Å². The summed E-state index contributed by atoms with van der Waals surface area (Å²) >= 11 is 12.1. The highest BCUT2D eigenvalue weighted by molar-refractivity contribution is 6.36. The van der Waals surface area contributed by atoms with Gasteiger partial charge in [-0.3, -0.25) is 14.9 Å². The van der Waals surface area contributed by atoms with E-state index < -0.39 is 0 Å². The normalized spacial score (nSPS) is 11.0. The number of nitrogens with zero attached hydrogens (tertiary/aromatic N) is 3. The monoisotopic (exact) mass is 348 g/mol. The smallest absolute Gasteiger partial charge is 0.273 e. The average molecular weight is 349 g/mol. The highest BCUT2D eigenvalue weighted by atomic mass is 35.5. The van der Waals surface area contributed by atoms with Crippen LogP contribution in [-0.4, -0.2) is 19.7 Å². The minimum Gasteiger partial charge on any atom is -0.289 e. The van der Waals surface area contributed by atoms with Gasteiger partial charge < -0.3 is 0 Å². The Morgan fingerprint density at radius 1 is 1.00 bits per heavy atom. The first-order chi connectivity index (χ1) is 10.9. The summed E-state index contributed by atoms with van der Waals surface area (Å²) in [6.07, 6.45) is 0. The zero-order valence-electron chi connectivity index (χ0n) is 12.8. The molecule has 0 amide bonds. The SMILES string of the molecule is Cc1nc(C)c(-n2[nH]c(-c3ccc(Cl)cc3Cl)cc2=O)nc1C. The van der Waals surface area contributed by atoms with Crippen LogP contribution in [0.1, 0.15) is 17.1 Å². The fourth-order valence-electron chi connectivity index (χ4n) is 2.31. The zero-order chi connectivity index (χ0) is 16.7. The molecule has 0 radical (unpaired) electrons. The lowest BCUT2D eigenvalue weighted by Crippen LogP contribution is -2.18. The van der Waals surface area contributed by atoms with Gasteiger partial charge in [-0.1, -0.05) is 23.2 Å². The predicted molar refractivity (Wildman–Crippen MR) is 91.6 cm³/mol. The molecule has 23 heavy (non-hydrogen) atoms. The minimum atomic E-state index is -0.230. The number of rotatable bonds is 2. The molecule has 1 N–H and O–H groups in total. The molecule has 5 nitrogen and oxygen atoms in total. The molecule has 0 bridgehead atoms. The molecule has 0 aliphatic carbocycles. The van der Waals surface area contributed by atoms with Crippen LogP contribution < -0.4 is 5.56 Å². The van der Waals surface area contributed by atoms with Crippen molar-refractivity contribution in [3.05, 3.63) is 61.7 Å².